The molecule has 0 bridgehead atoms. The Kier molecular flexibility index (Phi) is 4.43. The number of nitrogens with zero attached hydrogens (tertiary/aromatic N) is 5. The van der Waals surface area contributed by atoms with Crippen LogP contribution in [0.5, 0.6) is 0 Å². The average Bonchev–Trinajstić information content (AvgIpc) is 3.42. The Morgan fingerprint density at radius 1 is 1.28 bits per heavy atom. The number of amides is 1. The summed E-state index contributed by atoms with van der Waals surface area (Å²) in [6.45, 7) is 4.29. The highest BCUT2D eigenvalue weighted by molar-refractivity contribution is 5.91. The van der Waals surface area contributed by atoms with E-state index in [0.29, 0.717) is 37.8 Å². The number of carbonyl (C=O) groups is 1. The van der Waals surface area contributed by atoms with Gasteiger partial charge < -0.3 is 14.1 Å². The van der Waals surface area contributed by atoms with Crippen molar-refractivity contribution in [3.8, 4) is 0 Å². The summed E-state index contributed by atoms with van der Waals surface area (Å²) in [5.41, 5.74) is 1.76. The van der Waals surface area contributed by atoms with E-state index in [4.69, 9.17) is 14.1 Å². The van der Waals surface area contributed by atoms with Crippen LogP contribution >= 0.6 is 0 Å². The molecule has 150 valence electrons. The van der Waals surface area contributed by atoms with Crippen LogP contribution in [0.15, 0.2) is 41.2 Å². The molecule has 29 heavy (non-hydrogen) atoms. The molecular weight excluding hydrogens is 370 g/mol. The van der Waals surface area contributed by atoms with Crippen molar-refractivity contribution in [2.45, 2.75) is 38.3 Å². The first-order valence-corrected chi connectivity index (χ1v) is 9.95. The van der Waals surface area contributed by atoms with Crippen LogP contribution in [0.4, 0.5) is 0 Å². The number of carbonyl (C=O) groups excluding carboxylic acids is 1. The van der Waals surface area contributed by atoms with Crippen LogP contribution in [0.3, 0.4) is 0 Å². The first-order chi connectivity index (χ1) is 14.1. The summed E-state index contributed by atoms with van der Waals surface area (Å²) in [5, 5.41) is 4.17. The summed E-state index contributed by atoms with van der Waals surface area (Å²) >= 11 is 0. The molecule has 0 aromatic carbocycles. The maximum absolute atomic E-state index is 12.9. The minimum absolute atomic E-state index is 0.0820. The number of hydrogen-bond donors (Lipinski definition) is 0. The molecule has 5 heterocycles. The Morgan fingerprint density at radius 2 is 2.14 bits per heavy atom. The minimum atomic E-state index is -0.410. The Labute approximate surface area is 168 Å². The van der Waals surface area contributed by atoms with Crippen LogP contribution in [-0.2, 0) is 23.3 Å². The predicted octanol–water partition coefficient (Wildman–Crippen LogP) is 2.33. The van der Waals surface area contributed by atoms with Gasteiger partial charge in [-0.25, -0.2) is 9.97 Å². The van der Waals surface area contributed by atoms with Gasteiger partial charge in [-0.15, -0.1) is 0 Å². The summed E-state index contributed by atoms with van der Waals surface area (Å²) in [5.74, 6) is 1.75. The fourth-order valence-electron chi connectivity index (χ4n) is 4.24. The van der Waals surface area contributed by atoms with Crippen LogP contribution in [-0.4, -0.2) is 50.3 Å². The topological polar surface area (TPSA) is 86.3 Å². The molecule has 0 N–H and O–H groups in total. The Balaban J connectivity index is 1.28. The lowest BCUT2D eigenvalue weighted by atomic mass is 9.83. The maximum Gasteiger partial charge on any atom is 0.289 e. The third kappa shape index (κ3) is 3.33. The van der Waals surface area contributed by atoms with Gasteiger partial charge in [-0.3, -0.25) is 9.48 Å². The van der Waals surface area contributed by atoms with E-state index in [9.17, 15) is 4.79 Å². The van der Waals surface area contributed by atoms with Gasteiger partial charge in [0, 0.05) is 31.7 Å². The molecule has 1 amide bonds. The van der Waals surface area contributed by atoms with Gasteiger partial charge in [0.15, 0.2) is 5.76 Å². The molecule has 8 heteroatoms. The van der Waals surface area contributed by atoms with Crippen LogP contribution in [0.25, 0.3) is 0 Å². The highest BCUT2D eigenvalue weighted by Gasteiger charge is 2.43. The number of piperidine rings is 1. The van der Waals surface area contributed by atoms with Crippen molar-refractivity contribution in [1.82, 2.24) is 24.6 Å². The van der Waals surface area contributed by atoms with Crippen LogP contribution in [0.1, 0.15) is 46.2 Å². The van der Waals surface area contributed by atoms with Crippen molar-refractivity contribution in [2.75, 3.05) is 19.7 Å². The average molecular weight is 393 g/mol. The lowest BCUT2D eigenvalue weighted by Gasteiger charge is -2.43. The molecule has 3 aromatic rings. The van der Waals surface area contributed by atoms with E-state index in [1.807, 2.05) is 36.4 Å². The second-order valence-corrected chi connectivity index (χ2v) is 7.65. The highest BCUT2D eigenvalue weighted by atomic mass is 16.5. The molecule has 1 spiro atoms. The van der Waals surface area contributed by atoms with Gasteiger partial charge in [-0.1, -0.05) is 0 Å². The van der Waals surface area contributed by atoms with E-state index >= 15 is 0 Å². The predicted molar refractivity (Wildman–Crippen MR) is 103 cm³/mol. The molecule has 2 aliphatic rings. The summed E-state index contributed by atoms with van der Waals surface area (Å²) < 4.78 is 13.8. The van der Waals surface area contributed by atoms with Crippen molar-refractivity contribution in [2.24, 2.45) is 0 Å². The lowest BCUT2D eigenvalue weighted by molar-refractivity contribution is -0.0970. The molecule has 0 radical (unpaired) electrons. The number of furan rings is 1. The van der Waals surface area contributed by atoms with Gasteiger partial charge in [0.05, 0.1) is 18.8 Å². The zero-order chi connectivity index (χ0) is 19.8. The van der Waals surface area contributed by atoms with E-state index in [0.717, 1.165) is 36.3 Å². The monoisotopic (exact) mass is 393 g/mol. The Hall–Kier alpha value is -3.00. The van der Waals surface area contributed by atoms with Gasteiger partial charge in [0.2, 0.25) is 0 Å². The second kappa shape index (κ2) is 7.11. The summed E-state index contributed by atoms with van der Waals surface area (Å²) in [4.78, 5) is 23.8. The molecular formula is C21H23N5O3. The van der Waals surface area contributed by atoms with E-state index in [2.05, 4.69) is 10.1 Å². The summed E-state index contributed by atoms with van der Waals surface area (Å²) in [6.07, 6.45) is 7.79. The number of aryl methyl sites for hydroxylation is 1. The minimum Gasteiger partial charge on any atom is -0.454 e. The van der Waals surface area contributed by atoms with Crippen molar-refractivity contribution in [3.63, 3.8) is 0 Å². The number of fused-ring (bicyclic) bond motifs is 2. The zero-order valence-electron chi connectivity index (χ0n) is 16.4. The van der Waals surface area contributed by atoms with Crippen molar-refractivity contribution < 1.29 is 13.9 Å². The smallest absolute Gasteiger partial charge is 0.289 e. The maximum atomic E-state index is 12.9. The van der Waals surface area contributed by atoms with Crippen molar-refractivity contribution in [1.29, 1.82) is 0 Å². The fourth-order valence-corrected chi connectivity index (χ4v) is 4.24. The molecule has 3 aromatic heterocycles. The van der Waals surface area contributed by atoms with Gasteiger partial charge in [0.25, 0.3) is 5.91 Å². The van der Waals surface area contributed by atoms with Crippen molar-refractivity contribution >= 4 is 5.91 Å². The van der Waals surface area contributed by atoms with Gasteiger partial charge in [-0.2, -0.15) is 5.10 Å². The summed E-state index contributed by atoms with van der Waals surface area (Å²) in [6, 6.07) is 5.44. The van der Waals surface area contributed by atoms with E-state index in [-0.39, 0.29) is 5.91 Å². The van der Waals surface area contributed by atoms with Gasteiger partial charge in [0.1, 0.15) is 17.2 Å². The third-order valence-electron chi connectivity index (χ3n) is 5.77. The quantitative estimate of drug-likeness (QED) is 0.679. The molecule has 1 saturated heterocycles. The molecule has 0 atom stereocenters. The third-order valence-corrected chi connectivity index (χ3v) is 5.77. The lowest BCUT2D eigenvalue weighted by Crippen LogP contribution is -2.49. The number of hydrogen-bond acceptors (Lipinski definition) is 6. The van der Waals surface area contributed by atoms with Crippen LogP contribution < -0.4 is 0 Å². The molecule has 5 rings (SSSR count). The molecule has 1 fully saturated rings. The van der Waals surface area contributed by atoms with E-state index in [1.165, 1.54) is 0 Å². The Morgan fingerprint density at radius 3 is 2.93 bits per heavy atom. The van der Waals surface area contributed by atoms with Crippen LogP contribution in [0.2, 0.25) is 0 Å². The van der Waals surface area contributed by atoms with Crippen molar-refractivity contribution in [3.05, 3.63) is 65.4 Å². The van der Waals surface area contributed by atoms with Gasteiger partial charge >= 0.3 is 0 Å². The zero-order valence-corrected chi connectivity index (χ0v) is 16.4. The number of aromatic nitrogens is 4. The summed E-state index contributed by atoms with van der Waals surface area (Å²) in [7, 11) is 0. The molecule has 0 saturated carbocycles. The largest absolute Gasteiger partial charge is 0.454 e. The van der Waals surface area contributed by atoms with Crippen LogP contribution in [0, 0.1) is 6.92 Å². The molecule has 0 unspecified atom stereocenters. The number of ether oxygens (including phenoxy) is 1. The Bertz CT molecular complexity index is 1020. The normalized spacial score (nSPS) is 18.0. The molecule has 0 aliphatic carbocycles. The van der Waals surface area contributed by atoms with E-state index < -0.39 is 5.60 Å². The first-order valence-electron chi connectivity index (χ1n) is 9.95. The SMILES string of the molecule is Cc1ncc2c(n1)C1(CCN(C(=O)c3ccc(Cn4cccn4)o3)CC1)OCC2. The van der Waals surface area contributed by atoms with E-state index in [1.54, 1.807) is 16.9 Å². The number of rotatable bonds is 3. The fraction of sp³-hybridized carbons (Fsp3) is 0.429. The van der Waals surface area contributed by atoms with Gasteiger partial charge in [-0.05, 0) is 49.9 Å². The standard InChI is InChI=1S/C21H23N5O3/c1-15-22-13-16-5-12-28-21(19(16)24-15)6-10-25(11-7-21)20(27)18-4-3-17(29-18)14-26-9-2-8-23-26/h2-4,8-9,13H,5-7,10-12,14H2,1H3. The first kappa shape index (κ1) is 18.1. The second-order valence-electron chi connectivity index (χ2n) is 7.65. The highest BCUT2D eigenvalue weighted by Crippen LogP contribution is 2.40. The number of likely N-dealkylation sites (tertiary alicyclic amines) is 1. The molecule has 2 aliphatic heterocycles. The molecule has 8 nitrogen and oxygen atoms in total.